The predicted molar refractivity (Wildman–Crippen MR) is 70.9 cm³/mol. The molecule has 0 amide bonds. The fourth-order valence-corrected chi connectivity index (χ4v) is 3.37. The third-order valence-corrected chi connectivity index (χ3v) is 4.52. The van der Waals surface area contributed by atoms with Crippen molar-refractivity contribution in [3.63, 3.8) is 0 Å². The lowest BCUT2D eigenvalue weighted by Gasteiger charge is -2.23. The van der Waals surface area contributed by atoms with E-state index in [0.717, 1.165) is 13.0 Å². The van der Waals surface area contributed by atoms with Crippen LogP contribution in [-0.2, 0) is 17.1 Å². The van der Waals surface area contributed by atoms with Gasteiger partial charge in [-0.15, -0.1) is 0 Å². The third kappa shape index (κ3) is 3.71. The average Bonchev–Trinajstić information content (AvgIpc) is 2.73. The second-order valence-electron chi connectivity index (χ2n) is 4.70. The molecule has 1 aromatic heterocycles. The highest BCUT2D eigenvalue weighted by Crippen LogP contribution is 2.12. The standard InChI is InChI=1S/C11H20N4O2S/c1-15-11(5-8-13-15)14-18(16,17)9-6-10-4-2-3-7-12-10/h5,8,10,12,14H,2-4,6-7,9H2,1H3. The number of nitrogens with zero attached hydrogens (tertiary/aromatic N) is 2. The number of piperidine rings is 1. The van der Waals surface area contributed by atoms with E-state index in [1.165, 1.54) is 17.5 Å². The monoisotopic (exact) mass is 272 g/mol. The van der Waals surface area contributed by atoms with Crippen molar-refractivity contribution < 1.29 is 8.42 Å². The van der Waals surface area contributed by atoms with Crippen molar-refractivity contribution in [2.24, 2.45) is 7.05 Å². The molecule has 6 nitrogen and oxygen atoms in total. The molecule has 7 heteroatoms. The molecule has 1 unspecified atom stereocenters. The van der Waals surface area contributed by atoms with E-state index in [9.17, 15) is 8.42 Å². The van der Waals surface area contributed by atoms with Gasteiger partial charge in [-0.05, 0) is 25.8 Å². The highest BCUT2D eigenvalue weighted by molar-refractivity contribution is 7.92. The normalized spacial score (nSPS) is 20.8. The van der Waals surface area contributed by atoms with Gasteiger partial charge in [-0.3, -0.25) is 9.40 Å². The molecule has 2 N–H and O–H groups in total. The van der Waals surface area contributed by atoms with Gasteiger partial charge in [0.05, 0.1) is 11.9 Å². The largest absolute Gasteiger partial charge is 0.314 e. The number of sulfonamides is 1. The number of aromatic nitrogens is 2. The summed E-state index contributed by atoms with van der Waals surface area (Å²) in [6, 6.07) is 1.98. The lowest BCUT2D eigenvalue weighted by molar-refractivity contribution is 0.393. The molecule has 1 aromatic rings. The fourth-order valence-electron chi connectivity index (χ4n) is 2.15. The Hall–Kier alpha value is -1.08. The minimum Gasteiger partial charge on any atom is -0.314 e. The molecule has 0 bridgehead atoms. The molecule has 0 spiro atoms. The third-order valence-electron chi connectivity index (χ3n) is 3.23. The Labute approximate surface area is 108 Å². The Bertz CT molecular complexity index is 477. The first-order valence-corrected chi connectivity index (χ1v) is 7.94. The van der Waals surface area contributed by atoms with Crippen LogP contribution in [0.3, 0.4) is 0 Å². The fraction of sp³-hybridized carbons (Fsp3) is 0.727. The zero-order valence-electron chi connectivity index (χ0n) is 10.6. The number of nitrogens with one attached hydrogen (secondary N) is 2. The van der Waals surface area contributed by atoms with Gasteiger partial charge in [-0.2, -0.15) is 5.10 Å². The van der Waals surface area contributed by atoms with E-state index in [2.05, 4.69) is 15.1 Å². The zero-order valence-corrected chi connectivity index (χ0v) is 11.4. The van der Waals surface area contributed by atoms with Gasteiger partial charge in [0.15, 0.2) is 0 Å². The summed E-state index contributed by atoms with van der Waals surface area (Å²) < 4.78 is 27.9. The summed E-state index contributed by atoms with van der Waals surface area (Å²) in [5.74, 6) is 0.655. The van der Waals surface area contributed by atoms with Gasteiger partial charge >= 0.3 is 0 Å². The molecule has 0 aliphatic carbocycles. The van der Waals surface area contributed by atoms with Crippen LogP contribution in [0, 0.1) is 0 Å². The first kappa shape index (κ1) is 13.4. The molecular weight excluding hydrogens is 252 g/mol. The quantitative estimate of drug-likeness (QED) is 0.827. The molecule has 1 atom stereocenters. The minimum absolute atomic E-state index is 0.149. The van der Waals surface area contributed by atoms with E-state index in [4.69, 9.17) is 0 Å². The Morgan fingerprint density at radius 2 is 2.39 bits per heavy atom. The molecule has 2 rings (SSSR count). The number of aryl methyl sites for hydroxylation is 1. The molecule has 1 aliphatic rings. The summed E-state index contributed by atoms with van der Waals surface area (Å²) in [7, 11) is -1.57. The predicted octanol–water partition coefficient (Wildman–Crippen LogP) is 0.694. The zero-order chi connectivity index (χ0) is 13.0. The maximum Gasteiger partial charge on any atom is 0.233 e. The summed E-state index contributed by atoms with van der Waals surface area (Å²) >= 11 is 0. The summed E-state index contributed by atoms with van der Waals surface area (Å²) in [5, 5.41) is 7.28. The van der Waals surface area contributed by atoms with E-state index in [-0.39, 0.29) is 5.75 Å². The summed E-state index contributed by atoms with van der Waals surface area (Å²) in [4.78, 5) is 0. The first-order valence-electron chi connectivity index (χ1n) is 6.29. The average molecular weight is 272 g/mol. The molecule has 0 saturated carbocycles. The Morgan fingerprint density at radius 3 is 3.00 bits per heavy atom. The van der Waals surface area contributed by atoms with Crippen LogP contribution in [0.25, 0.3) is 0 Å². The SMILES string of the molecule is Cn1nccc1NS(=O)(=O)CCC1CCCCN1. The van der Waals surface area contributed by atoms with Crippen molar-refractivity contribution >= 4 is 15.8 Å². The van der Waals surface area contributed by atoms with Crippen molar-refractivity contribution in [3.05, 3.63) is 12.3 Å². The molecule has 0 radical (unpaired) electrons. The number of anilines is 1. The van der Waals surface area contributed by atoms with E-state index in [1.807, 2.05) is 0 Å². The number of hydrogen-bond donors (Lipinski definition) is 2. The van der Waals surface area contributed by atoms with E-state index in [0.29, 0.717) is 18.3 Å². The number of hydrogen-bond acceptors (Lipinski definition) is 4. The van der Waals surface area contributed by atoms with Crippen LogP contribution in [0.5, 0.6) is 0 Å². The van der Waals surface area contributed by atoms with Crippen LogP contribution >= 0.6 is 0 Å². The molecular formula is C11H20N4O2S. The van der Waals surface area contributed by atoms with Crippen molar-refractivity contribution in [1.29, 1.82) is 0 Å². The van der Waals surface area contributed by atoms with Crippen molar-refractivity contribution in [3.8, 4) is 0 Å². The lowest BCUT2D eigenvalue weighted by Crippen LogP contribution is -2.36. The molecule has 0 aromatic carbocycles. The van der Waals surface area contributed by atoms with Gasteiger partial charge < -0.3 is 5.32 Å². The van der Waals surface area contributed by atoms with Crippen LogP contribution in [0.1, 0.15) is 25.7 Å². The Balaban J connectivity index is 1.85. The van der Waals surface area contributed by atoms with E-state index >= 15 is 0 Å². The first-order chi connectivity index (χ1) is 8.57. The van der Waals surface area contributed by atoms with Gasteiger partial charge in [0.25, 0.3) is 0 Å². The summed E-state index contributed by atoms with van der Waals surface area (Å²) in [6.45, 7) is 1.000. The molecule has 1 aliphatic heterocycles. The second-order valence-corrected chi connectivity index (χ2v) is 6.54. The highest BCUT2D eigenvalue weighted by atomic mass is 32.2. The summed E-state index contributed by atoms with van der Waals surface area (Å²) in [5.41, 5.74) is 0. The molecule has 102 valence electrons. The van der Waals surface area contributed by atoms with Crippen LogP contribution < -0.4 is 10.0 Å². The topological polar surface area (TPSA) is 76.0 Å². The Morgan fingerprint density at radius 1 is 1.56 bits per heavy atom. The van der Waals surface area contributed by atoms with Crippen LogP contribution in [-0.4, -0.2) is 36.5 Å². The highest BCUT2D eigenvalue weighted by Gasteiger charge is 2.18. The van der Waals surface area contributed by atoms with Crippen LogP contribution in [0.15, 0.2) is 12.3 Å². The minimum atomic E-state index is -3.28. The molecule has 1 fully saturated rings. The Kier molecular flexibility index (Phi) is 4.23. The van der Waals surface area contributed by atoms with E-state index < -0.39 is 10.0 Å². The lowest BCUT2D eigenvalue weighted by atomic mass is 10.0. The maximum absolute atomic E-state index is 11.9. The van der Waals surface area contributed by atoms with Crippen molar-refractivity contribution in [2.45, 2.75) is 31.7 Å². The van der Waals surface area contributed by atoms with Crippen molar-refractivity contribution in [1.82, 2.24) is 15.1 Å². The van der Waals surface area contributed by atoms with E-state index in [1.54, 1.807) is 19.3 Å². The maximum atomic E-state index is 11.9. The van der Waals surface area contributed by atoms with Crippen molar-refractivity contribution in [2.75, 3.05) is 17.0 Å². The van der Waals surface area contributed by atoms with Gasteiger partial charge in [0.2, 0.25) is 10.0 Å². The smallest absolute Gasteiger partial charge is 0.233 e. The van der Waals surface area contributed by atoms with Gasteiger partial charge in [-0.25, -0.2) is 8.42 Å². The van der Waals surface area contributed by atoms with Gasteiger partial charge in [0.1, 0.15) is 5.82 Å². The molecule has 2 heterocycles. The van der Waals surface area contributed by atoms with Crippen LogP contribution in [0.4, 0.5) is 5.82 Å². The van der Waals surface area contributed by atoms with Gasteiger partial charge in [0, 0.05) is 19.2 Å². The molecule has 1 saturated heterocycles. The number of rotatable bonds is 5. The second kappa shape index (κ2) is 5.71. The molecule has 18 heavy (non-hydrogen) atoms. The van der Waals surface area contributed by atoms with Gasteiger partial charge in [-0.1, -0.05) is 6.42 Å². The van der Waals surface area contributed by atoms with Crippen LogP contribution in [0.2, 0.25) is 0 Å². The summed E-state index contributed by atoms with van der Waals surface area (Å²) in [6.07, 6.45) is 5.68.